The highest BCUT2D eigenvalue weighted by atomic mass is 15.1. The fourth-order valence-electron chi connectivity index (χ4n) is 7.90. The minimum absolute atomic E-state index is 0.0939. The summed E-state index contributed by atoms with van der Waals surface area (Å²) in [4.78, 5) is 2.42. The lowest BCUT2D eigenvalue weighted by molar-refractivity contribution is 0.660. The molecule has 0 aromatic heterocycles. The third-order valence-electron chi connectivity index (χ3n) is 10.4. The van der Waals surface area contributed by atoms with E-state index in [9.17, 15) is 0 Å². The Morgan fingerprint density at radius 2 is 0.860 bits per heavy atom. The van der Waals surface area contributed by atoms with Crippen molar-refractivity contribution in [3.05, 3.63) is 199 Å². The lowest BCUT2D eigenvalue weighted by Gasteiger charge is -2.29. The van der Waals surface area contributed by atoms with Gasteiger partial charge in [0.2, 0.25) is 0 Å². The first-order valence-electron chi connectivity index (χ1n) is 17.4. The molecule has 238 valence electrons. The zero-order chi connectivity index (χ0) is 33.7. The minimum Gasteiger partial charge on any atom is -0.310 e. The molecule has 8 aromatic rings. The maximum absolute atomic E-state index is 2.42. The molecule has 8 aromatic carbocycles. The fraction of sp³-hybridized carbons (Fsp3) is 0.0612. The van der Waals surface area contributed by atoms with Gasteiger partial charge in [0.25, 0.3) is 0 Å². The van der Waals surface area contributed by atoms with Crippen molar-refractivity contribution >= 4 is 27.8 Å². The Hall–Kier alpha value is -6.18. The fourth-order valence-corrected chi connectivity index (χ4v) is 7.90. The highest BCUT2D eigenvalue weighted by Crippen LogP contribution is 2.51. The molecule has 9 rings (SSSR count). The molecule has 1 nitrogen and oxygen atoms in total. The van der Waals surface area contributed by atoms with Crippen molar-refractivity contribution < 1.29 is 0 Å². The first kappa shape index (κ1) is 29.9. The summed E-state index contributed by atoms with van der Waals surface area (Å²) >= 11 is 0. The lowest BCUT2D eigenvalue weighted by atomic mass is 9.82. The third kappa shape index (κ3) is 5.11. The van der Waals surface area contributed by atoms with E-state index < -0.39 is 0 Å². The molecule has 0 aliphatic heterocycles. The monoisotopic (exact) mass is 639 g/mol. The van der Waals surface area contributed by atoms with Crippen LogP contribution in [0, 0.1) is 0 Å². The molecule has 0 N–H and O–H groups in total. The summed E-state index contributed by atoms with van der Waals surface area (Å²) in [6.07, 6.45) is 0. The predicted octanol–water partition coefficient (Wildman–Crippen LogP) is 13.6. The summed E-state index contributed by atoms with van der Waals surface area (Å²) in [5.74, 6) is 0. The van der Waals surface area contributed by atoms with Crippen LogP contribution in [0.4, 0.5) is 17.1 Å². The molecule has 0 amide bonds. The van der Waals surface area contributed by atoms with Crippen molar-refractivity contribution in [3.63, 3.8) is 0 Å². The number of hydrogen-bond acceptors (Lipinski definition) is 1. The zero-order valence-electron chi connectivity index (χ0n) is 28.3. The van der Waals surface area contributed by atoms with Gasteiger partial charge in [-0.05, 0) is 109 Å². The number of hydrogen-bond donors (Lipinski definition) is 0. The normalized spacial score (nSPS) is 12.8. The smallest absolute Gasteiger partial charge is 0.0467 e. The van der Waals surface area contributed by atoms with E-state index in [1.807, 2.05) is 0 Å². The van der Waals surface area contributed by atoms with E-state index in [4.69, 9.17) is 0 Å². The largest absolute Gasteiger partial charge is 0.310 e. The standard InChI is InChI=1S/C49H37N/c1-49(2)47-27-9-8-25-45(47)46-29-28-42(33-48(46)49)50(40-22-11-19-37(31-40)34-14-4-3-5-15-34)41-23-12-20-38(32-41)36-18-10-21-39(30-36)44-26-13-17-35-16-6-7-24-43(35)44/h3-33H,1-2H3. The molecule has 50 heavy (non-hydrogen) atoms. The Bertz CT molecular complexity index is 2520. The molecule has 0 fully saturated rings. The van der Waals surface area contributed by atoms with Crippen LogP contribution < -0.4 is 4.90 Å². The Balaban J connectivity index is 1.18. The van der Waals surface area contributed by atoms with E-state index in [2.05, 4.69) is 207 Å². The van der Waals surface area contributed by atoms with Crippen LogP contribution in [0.5, 0.6) is 0 Å². The summed E-state index contributed by atoms with van der Waals surface area (Å²) in [7, 11) is 0. The van der Waals surface area contributed by atoms with Gasteiger partial charge in [-0.1, -0.05) is 159 Å². The maximum atomic E-state index is 2.42. The van der Waals surface area contributed by atoms with Gasteiger partial charge in [-0.25, -0.2) is 0 Å². The second-order valence-electron chi connectivity index (χ2n) is 13.8. The average Bonchev–Trinajstić information content (AvgIpc) is 3.41. The third-order valence-corrected chi connectivity index (χ3v) is 10.4. The van der Waals surface area contributed by atoms with Crippen LogP contribution in [0.25, 0.3) is 55.3 Å². The minimum atomic E-state index is -0.0939. The van der Waals surface area contributed by atoms with Gasteiger partial charge in [-0.15, -0.1) is 0 Å². The molecule has 1 aliphatic rings. The van der Waals surface area contributed by atoms with E-state index in [0.29, 0.717) is 0 Å². The van der Waals surface area contributed by atoms with Crippen LogP contribution in [-0.2, 0) is 5.41 Å². The molecule has 0 spiro atoms. The highest BCUT2D eigenvalue weighted by Gasteiger charge is 2.35. The maximum Gasteiger partial charge on any atom is 0.0467 e. The van der Waals surface area contributed by atoms with Crippen LogP contribution in [0.2, 0.25) is 0 Å². The van der Waals surface area contributed by atoms with E-state index in [-0.39, 0.29) is 5.41 Å². The molecule has 1 heteroatoms. The van der Waals surface area contributed by atoms with Gasteiger partial charge < -0.3 is 4.90 Å². The molecule has 0 unspecified atom stereocenters. The van der Waals surface area contributed by atoms with Crippen molar-refractivity contribution in [2.75, 3.05) is 4.90 Å². The highest BCUT2D eigenvalue weighted by molar-refractivity contribution is 5.97. The van der Waals surface area contributed by atoms with Crippen LogP contribution >= 0.6 is 0 Å². The van der Waals surface area contributed by atoms with E-state index in [1.165, 1.54) is 66.4 Å². The number of benzene rings is 8. The van der Waals surface area contributed by atoms with Gasteiger partial charge in [-0.3, -0.25) is 0 Å². The SMILES string of the molecule is CC1(C)c2ccccc2-c2ccc(N(c3cccc(-c4ccccc4)c3)c3cccc(-c4cccc(-c5cccc6ccccc56)c4)c3)cc21. The van der Waals surface area contributed by atoms with Crippen LogP contribution in [0.1, 0.15) is 25.0 Å². The van der Waals surface area contributed by atoms with Gasteiger partial charge in [0.05, 0.1) is 0 Å². The molecule has 0 saturated heterocycles. The Morgan fingerprint density at radius 1 is 0.340 bits per heavy atom. The van der Waals surface area contributed by atoms with Gasteiger partial charge in [0.1, 0.15) is 0 Å². The van der Waals surface area contributed by atoms with Crippen molar-refractivity contribution in [3.8, 4) is 44.5 Å². The second kappa shape index (κ2) is 12.1. The number of anilines is 3. The number of nitrogens with zero attached hydrogens (tertiary/aromatic N) is 1. The summed E-state index contributed by atoms with van der Waals surface area (Å²) in [5, 5.41) is 2.53. The zero-order valence-corrected chi connectivity index (χ0v) is 28.3. The quantitative estimate of drug-likeness (QED) is 0.175. The molecule has 0 saturated carbocycles. The molecule has 0 radical (unpaired) electrons. The van der Waals surface area contributed by atoms with Crippen molar-refractivity contribution in [2.24, 2.45) is 0 Å². The summed E-state index contributed by atoms with van der Waals surface area (Å²) in [6, 6.07) is 68.6. The summed E-state index contributed by atoms with van der Waals surface area (Å²) in [5.41, 5.74) is 16.0. The molecule has 0 bridgehead atoms. The Labute approximate surface area is 294 Å². The van der Waals surface area contributed by atoms with Crippen LogP contribution in [0.3, 0.4) is 0 Å². The van der Waals surface area contributed by atoms with Crippen LogP contribution in [-0.4, -0.2) is 0 Å². The molecule has 1 aliphatic carbocycles. The van der Waals surface area contributed by atoms with E-state index in [0.717, 1.165) is 17.1 Å². The van der Waals surface area contributed by atoms with Gasteiger partial charge >= 0.3 is 0 Å². The first-order chi connectivity index (χ1) is 24.5. The molecular formula is C49H37N. The van der Waals surface area contributed by atoms with Gasteiger partial charge in [0, 0.05) is 22.5 Å². The topological polar surface area (TPSA) is 3.24 Å². The average molecular weight is 640 g/mol. The van der Waals surface area contributed by atoms with Crippen molar-refractivity contribution in [2.45, 2.75) is 19.3 Å². The first-order valence-corrected chi connectivity index (χ1v) is 17.4. The Kier molecular flexibility index (Phi) is 7.21. The Morgan fingerprint density at radius 3 is 1.66 bits per heavy atom. The summed E-state index contributed by atoms with van der Waals surface area (Å²) < 4.78 is 0. The number of fused-ring (bicyclic) bond motifs is 4. The van der Waals surface area contributed by atoms with Gasteiger partial charge in [-0.2, -0.15) is 0 Å². The molecular weight excluding hydrogens is 603 g/mol. The predicted molar refractivity (Wildman–Crippen MR) is 213 cm³/mol. The van der Waals surface area contributed by atoms with E-state index >= 15 is 0 Å². The van der Waals surface area contributed by atoms with Gasteiger partial charge in [0.15, 0.2) is 0 Å². The van der Waals surface area contributed by atoms with E-state index in [1.54, 1.807) is 0 Å². The number of rotatable bonds is 6. The van der Waals surface area contributed by atoms with Crippen LogP contribution in [0.15, 0.2) is 188 Å². The van der Waals surface area contributed by atoms with Crippen molar-refractivity contribution in [1.29, 1.82) is 0 Å². The van der Waals surface area contributed by atoms with Crippen molar-refractivity contribution in [1.82, 2.24) is 0 Å². The summed E-state index contributed by atoms with van der Waals surface area (Å²) in [6.45, 7) is 4.71. The molecule has 0 atom stereocenters. The second-order valence-corrected chi connectivity index (χ2v) is 13.8. The molecule has 0 heterocycles. The lowest BCUT2D eigenvalue weighted by Crippen LogP contribution is -2.16.